The summed E-state index contributed by atoms with van der Waals surface area (Å²) < 4.78 is 1.22. The third-order valence-electron chi connectivity index (χ3n) is 2.85. The number of aromatic nitrogens is 2. The lowest BCUT2D eigenvalue weighted by molar-refractivity contribution is -0.118. The molecule has 22 heavy (non-hydrogen) atoms. The number of fused-ring (bicyclic) bond motifs is 1. The van der Waals surface area contributed by atoms with Gasteiger partial charge in [0, 0.05) is 4.88 Å². The van der Waals surface area contributed by atoms with E-state index in [1.54, 1.807) is 17.6 Å². The van der Waals surface area contributed by atoms with Gasteiger partial charge in [-0.3, -0.25) is 4.79 Å². The van der Waals surface area contributed by atoms with Gasteiger partial charge in [0.25, 0.3) is 5.91 Å². The number of carbonyl (C=O) groups excluding carboxylic acids is 1. The second-order valence-electron chi connectivity index (χ2n) is 4.59. The monoisotopic (exact) mass is 328 g/mol. The fourth-order valence-electron chi connectivity index (χ4n) is 1.85. The van der Waals surface area contributed by atoms with E-state index in [9.17, 15) is 4.79 Å². The number of rotatable bonds is 5. The topological polar surface area (TPSA) is 70.1 Å². The Kier molecular flexibility index (Phi) is 4.60. The molecular weight excluding hydrogens is 315 g/mol. The molecule has 0 aliphatic heterocycles. The number of carbonyl (C=O) groups is 1. The molecular formula is C14H13BN4OS2. The molecule has 1 aromatic carbocycles. The summed E-state index contributed by atoms with van der Waals surface area (Å²) in [5.41, 5.74) is 4.39. The first-order chi connectivity index (χ1) is 10.7. The highest BCUT2D eigenvalue weighted by atomic mass is 32.2. The molecule has 0 radical (unpaired) electrons. The molecule has 5 nitrogen and oxygen atoms in total. The summed E-state index contributed by atoms with van der Waals surface area (Å²) in [6.45, 7) is 0. The van der Waals surface area contributed by atoms with Crippen LogP contribution in [0, 0.1) is 0 Å². The van der Waals surface area contributed by atoms with Gasteiger partial charge < -0.3 is 4.98 Å². The van der Waals surface area contributed by atoms with Crippen molar-refractivity contribution in [3.63, 3.8) is 0 Å². The first-order valence-corrected chi connectivity index (χ1v) is 8.47. The summed E-state index contributed by atoms with van der Waals surface area (Å²) in [7, 11) is 2.03. The number of amides is 1. The van der Waals surface area contributed by atoms with Crippen LogP contribution in [0.15, 0.2) is 46.7 Å². The maximum Gasteiger partial charge on any atom is 0.250 e. The Morgan fingerprint density at radius 3 is 3.05 bits per heavy atom. The van der Waals surface area contributed by atoms with E-state index in [1.807, 2.05) is 44.2 Å². The Hall–Kier alpha value is -2.06. The van der Waals surface area contributed by atoms with Gasteiger partial charge in [-0.1, -0.05) is 30.0 Å². The Labute approximate surface area is 136 Å². The molecule has 0 bridgehead atoms. The van der Waals surface area contributed by atoms with E-state index in [1.165, 1.54) is 16.5 Å². The fraction of sp³-hybridized carbons (Fsp3) is 0.0714. The number of aromatic amines is 1. The second kappa shape index (κ2) is 6.80. The molecule has 0 fully saturated rings. The zero-order valence-corrected chi connectivity index (χ0v) is 13.5. The molecule has 0 unspecified atom stereocenters. The summed E-state index contributed by atoms with van der Waals surface area (Å²) in [6, 6.07) is 11.8. The molecule has 0 aliphatic carbocycles. The molecule has 110 valence electrons. The molecule has 3 aromatic rings. The van der Waals surface area contributed by atoms with E-state index in [-0.39, 0.29) is 11.7 Å². The van der Waals surface area contributed by atoms with Crippen molar-refractivity contribution in [2.45, 2.75) is 5.16 Å². The quantitative estimate of drug-likeness (QED) is 0.319. The Morgan fingerprint density at radius 1 is 1.41 bits per heavy atom. The summed E-state index contributed by atoms with van der Waals surface area (Å²) in [5.74, 6) is 0.107. The van der Waals surface area contributed by atoms with Gasteiger partial charge in [0.1, 0.15) is 0 Å². The number of para-hydroxylation sites is 2. The Bertz CT molecular complexity index is 794. The summed E-state index contributed by atoms with van der Waals surface area (Å²) >= 11 is 2.99. The van der Waals surface area contributed by atoms with Crippen molar-refractivity contribution in [3.8, 4) is 0 Å². The summed E-state index contributed by atoms with van der Waals surface area (Å²) in [5, 5.41) is 4.68. The van der Waals surface area contributed by atoms with Crippen molar-refractivity contribution in [1.29, 1.82) is 0 Å². The Morgan fingerprint density at radius 2 is 2.27 bits per heavy atom. The number of H-pyrrole nitrogens is 1. The minimum Gasteiger partial charge on any atom is -0.333 e. The molecule has 1 amide bonds. The van der Waals surface area contributed by atoms with Crippen LogP contribution < -0.4 is 10.2 Å². The van der Waals surface area contributed by atoms with Crippen molar-refractivity contribution in [2.24, 2.45) is 5.10 Å². The predicted octanol–water partition coefficient (Wildman–Crippen LogP) is 1.13. The maximum atomic E-state index is 11.7. The highest BCUT2D eigenvalue weighted by molar-refractivity contribution is 7.99. The molecule has 2 aromatic heterocycles. The van der Waals surface area contributed by atoms with Crippen LogP contribution >= 0.6 is 23.1 Å². The lowest BCUT2D eigenvalue weighted by Crippen LogP contribution is -2.19. The largest absolute Gasteiger partial charge is 0.333 e. The van der Waals surface area contributed by atoms with Crippen LogP contribution in [0.2, 0.25) is 0 Å². The van der Waals surface area contributed by atoms with E-state index in [0.29, 0.717) is 0 Å². The van der Waals surface area contributed by atoms with Gasteiger partial charge in [0.05, 0.1) is 23.0 Å². The van der Waals surface area contributed by atoms with Crippen molar-refractivity contribution in [3.05, 3.63) is 41.3 Å². The standard InChI is InChI=1S/C14H13BN4OS2/c15-12-6-5-9(22-12)7-16-19-13(20)8-21-14-17-10-3-1-2-4-11(10)18-14/h1-7H,8,15H2,(H,17,18)(H,19,20)/b16-7+. The van der Waals surface area contributed by atoms with Crippen LogP contribution in [0.5, 0.6) is 0 Å². The molecule has 0 saturated heterocycles. The average Bonchev–Trinajstić information content (AvgIpc) is 3.11. The predicted molar refractivity (Wildman–Crippen MR) is 95.1 cm³/mol. The van der Waals surface area contributed by atoms with Gasteiger partial charge in [-0.05, 0) is 23.0 Å². The SMILES string of the molecule is Bc1ccc(/C=N/NC(=O)CSc2nc3ccccc3[nH]2)s1. The van der Waals surface area contributed by atoms with E-state index in [0.717, 1.165) is 21.1 Å². The van der Waals surface area contributed by atoms with Crippen LogP contribution in [-0.2, 0) is 4.79 Å². The zero-order valence-electron chi connectivity index (χ0n) is 11.9. The maximum absolute atomic E-state index is 11.7. The van der Waals surface area contributed by atoms with Gasteiger partial charge in [-0.2, -0.15) is 16.4 Å². The van der Waals surface area contributed by atoms with Crippen LogP contribution in [0.4, 0.5) is 0 Å². The van der Waals surface area contributed by atoms with Crippen LogP contribution in [0.25, 0.3) is 11.0 Å². The molecule has 3 rings (SSSR count). The molecule has 0 aliphatic rings. The first kappa shape index (κ1) is 14.9. The number of thiophene rings is 1. The highest BCUT2D eigenvalue weighted by Gasteiger charge is 2.06. The molecule has 0 atom stereocenters. The minimum absolute atomic E-state index is 0.157. The number of imidazole rings is 1. The van der Waals surface area contributed by atoms with Crippen molar-refractivity contribution < 1.29 is 4.79 Å². The minimum atomic E-state index is -0.157. The van der Waals surface area contributed by atoms with Crippen molar-refractivity contribution >= 4 is 58.9 Å². The van der Waals surface area contributed by atoms with E-state index < -0.39 is 0 Å². The Balaban J connectivity index is 1.50. The van der Waals surface area contributed by atoms with E-state index in [2.05, 4.69) is 20.5 Å². The van der Waals surface area contributed by atoms with Gasteiger partial charge >= 0.3 is 0 Å². The zero-order chi connectivity index (χ0) is 15.4. The number of thioether (sulfide) groups is 1. The number of hydrazone groups is 1. The van der Waals surface area contributed by atoms with Crippen LogP contribution in [-0.4, -0.2) is 35.7 Å². The number of nitrogens with zero attached hydrogens (tertiary/aromatic N) is 2. The average molecular weight is 328 g/mol. The van der Waals surface area contributed by atoms with Gasteiger partial charge in [-0.15, -0.1) is 0 Å². The third-order valence-corrected chi connectivity index (χ3v) is 4.66. The number of nitrogens with one attached hydrogen (secondary N) is 2. The van der Waals surface area contributed by atoms with E-state index in [4.69, 9.17) is 0 Å². The number of hydrogen-bond donors (Lipinski definition) is 2. The first-order valence-electron chi connectivity index (χ1n) is 6.66. The second-order valence-corrected chi connectivity index (χ2v) is 6.87. The molecule has 0 saturated carbocycles. The third kappa shape index (κ3) is 3.77. The van der Waals surface area contributed by atoms with E-state index >= 15 is 0 Å². The smallest absolute Gasteiger partial charge is 0.250 e. The van der Waals surface area contributed by atoms with Crippen LogP contribution in [0.1, 0.15) is 4.88 Å². The molecule has 2 heterocycles. The number of benzene rings is 1. The number of hydrogen-bond acceptors (Lipinski definition) is 5. The van der Waals surface area contributed by atoms with Gasteiger partial charge in [0.2, 0.25) is 0 Å². The molecule has 0 spiro atoms. The lowest BCUT2D eigenvalue weighted by Gasteiger charge is -1.97. The van der Waals surface area contributed by atoms with Gasteiger partial charge in [0.15, 0.2) is 13.0 Å². The van der Waals surface area contributed by atoms with Crippen molar-refractivity contribution in [2.75, 3.05) is 5.75 Å². The lowest BCUT2D eigenvalue weighted by atomic mass is 10.1. The highest BCUT2D eigenvalue weighted by Crippen LogP contribution is 2.18. The molecule has 8 heteroatoms. The molecule has 2 N–H and O–H groups in total. The normalized spacial score (nSPS) is 11.3. The summed E-state index contributed by atoms with van der Waals surface area (Å²) in [4.78, 5) is 20.3. The van der Waals surface area contributed by atoms with Crippen LogP contribution in [0.3, 0.4) is 0 Å². The van der Waals surface area contributed by atoms with Crippen molar-refractivity contribution in [1.82, 2.24) is 15.4 Å². The van der Waals surface area contributed by atoms with Gasteiger partial charge in [-0.25, -0.2) is 10.4 Å². The summed E-state index contributed by atoms with van der Waals surface area (Å²) in [6.07, 6.45) is 1.65. The fourth-order valence-corrected chi connectivity index (χ4v) is 3.28.